The van der Waals surface area contributed by atoms with E-state index in [0.717, 1.165) is 12.2 Å². The maximum Gasteiger partial charge on any atom is 0.324 e. The molecule has 3 N–H and O–H groups in total. The van der Waals surface area contributed by atoms with Gasteiger partial charge in [0.1, 0.15) is 18.1 Å². The van der Waals surface area contributed by atoms with E-state index in [1.54, 1.807) is 11.8 Å². The molecular formula is C57H96O6S. The number of phenols is 2. The van der Waals surface area contributed by atoms with Gasteiger partial charge in [0.2, 0.25) is 0 Å². The van der Waals surface area contributed by atoms with Crippen LogP contribution in [0.5, 0.6) is 11.5 Å². The number of thioether (sulfide) groups is 1. The molecule has 0 aliphatic carbocycles. The lowest BCUT2D eigenvalue weighted by Crippen LogP contribution is -2.45. The van der Waals surface area contributed by atoms with Crippen molar-refractivity contribution < 1.29 is 29.6 Å². The van der Waals surface area contributed by atoms with E-state index in [2.05, 4.69) is 6.92 Å². The fourth-order valence-corrected chi connectivity index (χ4v) is 9.73. The SMILES string of the molecule is CCCCCCCCCCCCCCCCCCCCCCSCCOC(=O)C(Cc1cc(C(C)(C)C)c(O)c(C(C)(C)C)c1)(Cc1cc(C(C)(C)C)c(O)c(C(C)(C)C)c1)C(=O)O. The maximum absolute atomic E-state index is 14.5. The summed E-state index contributed by atoms with van der Waals surface area (Å²) in [5, 5.41) is 34.2. The number of carbonyl (C=O) groups is 2. The van der Waals surface area contributed by atoms with Crippen LogP contribution in [0.15, 0.2) is 24.3 Å². The zero-order valence-electron chi connectivity index (χ0n) is 43.5. The van der Waals surface area contributed by atoms with Gasteiger partial charge in [-0.1, -0.05) is 236 Å². The third kappa shape index (κ3) is 19.7. The Balaban J connectivity index is 2.02. The Labute approximate surface area is 397 Å². The molecule has 0 spiro atoms. The molecule has 64 heavy (non-hydrogen) atoms. The van der Waals surface area contributed by atoms with Crippen molar-refractivity contribution in [1.82, 2.24) is 0 Å². The standard InChI is InChI=1S/C57H96O6S/c1-14-15-16-17-18-19-20-21-22-23-24-25-26-27-28-29-30-31-32-33-35-64-36-34-63-52(62)57(51(60)61,41-43-37-45(53(2,3)4)49(58)46(38-43)54(5,6)7)42-44-39-47(55(8,9)10)50(59)48(40-44)56(11,12)13/h37-40,58-59H,14-36,41-42H2,1-13H3,(H,60,61). The molecule has 0 unspecified atom stereocenters. The van der Waals surface area contributed by atoms with Crippen LogP contribution in [0.2, 0.25) is 0 Å². The zero-order valence-corrected chi connectivity index (χ0v) is 44.3. The maximum atomic E-state index is 14.5. The predicted octanol–water partition coefficient (Wildman–Crippen LogP) is 16.2. The first-order valence-corrected chi connectivity index (χ1v) is 26.7. The summed E-state index contributed by atoms with van der Waals surface area (Å²) >= 11 is 1.75. The summed E-state index contributed by atoms with van der Waals surface area (Å²) in [4.78, 5) is 28.3. The summed E-state index contributed by atoms with van der Waals surface area (Å²) in [6, 6.07) is 7.46. The van der Waals surface area contributed by atoms with Crippen LogP contribution in [0.1, 0.15) is 252 Å². The quantitative estimate of drug-likeness (QED) is 0.0407. The first kappa shape index (κ1) is 57.5. The molecule has 2 rings (SSSR count). The number of rotatable bonds is 30. The molecule has 2 aromatic rings. The molecule has 2 aromatic carbocycles. The molecule has 0 amide bonds. The van der Waals surface area contributed by atoms with Crippen LogP contribution in [0.25, 0.3) is 0 Å². The monoisotopic (exact) mass is 909 g/mol. The number of phenolic OH excluding ortho intramolecular Hbond substituents is 2. The van der Waals surface area contributed by atoms with Gasteiger partial charge in [0.25, 0.3) is 0 Å². The number of unbranched alkanes of at least 4 members (excludes halogenated alkanes) is 19. The van der Waals surface area contributed by atoms with Crippen LogP contribution < -0.4 is 0 Å². The van der Waals surface area contributed by atoms with Gasteiger partial charge in [0.05, 0.1) is 0 Å². The lowest BCUT2D eigenvalue weighted by atomic mass is 9.71. The average Bonchev–Trinajstić information content (AvgIpc) is 3.18. The number of carboxylic acid groups (broad SMARTS) is 1. The minimum absolute atomic E-state index is 0.114. The Kier molecular flexibility index (Phi) is 24.4. The summed E-state index contributed by atoms with van der Waals surface area (Å²) in [6.07, 6.45) is 27.0. The van der Waals surface area contributed by atoms with E-state index >= 15 is 0 Å². The molecule has 0 heterocycles. The molecule has 6 nitrogen and oxygen atoms in total. The number of carboxylic acids is 1. The number of ether oxygens (including phenoxy) is 1. The van der Waals surface area contributed by atoms with Crippen molar-refractivity contribution in [3.63, 3.8) is 0 Å². The summed E-state index contributed by atoms with van der Waals surface area (Å²) in [7, 11) is 0. The van der Waals surface area contributed by atoms with Gasteiger partial charge in [-0.3, -0.25) is 9.59 Å². The van der Waals surface area contributed by atoms with Crippen LogP contribution in [0, 0.1) is 5.41 Å². The molecule has 0 aliphatic heterocycles. The number of carbonyl (C=O) groups excluding carboxylic acids is 1. The van der Waals surface area contributed by atoms with Gasteiger partial charge in [-0.2, -0.15) is 11.8 Å². The number of hydrogen-bond acceptors (Lipinski definition) is 6. The molecule has 7 heteroatoms. The molecule has 0 aliphatic rings. The van der Waals surface area contributed by atoms with Gasteiger partial charge in [-0.05, 0) is 80.1 Å². The van der Waals surface area contributed by atoms with Crippen LogP contribution >= 0.6 is 11.8 Å². The summed E-state index contributed by atoms with van der Waals surface area (Å²) < 4.78 is 5.96. The number of benzene rings is 2. The molecule has 0 saturated heterocycles. The summed E-state index contributed by atoms with van der Waals surface area (Å²) in [5.41, 5.74) is 0.448. The zero-order chi connectivity index (χ0) is 48.2. The van der Waals surface area contributed by atoms with Crippen molar-refractivity contribution in [2.75, 3.05) is 18.1 Å². The first-order chi connectivity index (χ1) is 29.9. The number of aromatic hydroxyl groups is 2. The van der Waals surface area contributed by atoms with Crippen molar-refractivity contribution in [2.24, 2.45) is 5.41 Å². The Morgan fingerprint density at radius 3 is 1.02 bits per heavy atom. The smallest absolute Gasteiger partial charge is 0.324 e. The van der Waals surface area contributed by atoms with Crippen LogP contribution in [0.3, 0.4) is 0 Å². The minimum Gasteiger partial charge on any atom is -0.507 e. The van der Waals surface area contributed by atoms with E-state index < -0.39 is 39.0 Å². The van der Waals surface area contributed by atoms with E-state index in [1.165, 1.54) is 122 Å². The molecule has 0 fully saturated rings. The third-order valence-corrected chi connectivity index (χ3v) is 14.0. The second-order valence-electron chi connectivity index (χ2n) is 23.3. The minimum atomic E-state index is -1.96. The Bertz CT molecular complexity index is 1530. The third-order valence-electron chi connectivity index (χ3n) is 13.0. The van der Waals surface area contributed by atoms with Gasteiger partial charge < -0.3 is 20.1 Å². The highest BCUT2D eigenvalue weighted by molar-refractivity contribution is 7.99. The van der Waals surface area contributed by atoms with Crippen molar-refractivity contribution in [3.8, 4) is 11.5 Å². The normalized spacial score (nSPS) is 12.8. The second kappa shape index (κ2) is 27.2. The largest absolute Gasteiger partial charge is 0.507 e. The molecule has 0 saturated carbocycles. The van der Waals surface area contributed by atoms with Gasteiger partial charge in [-0.25, -0.2) is 0 Å². The van der Waals surface area contributed by atoms with Gasteiger partial charge in [0.15, 0.2) is 5.41 Å². The highest BCUT2D eigenvalue weighted by Crippen LogP contribution is 2.44. The Hall–Kier alpha value is -2.67. The fourth-order valence-electron chi connectivity index (χ4n) is 8.91. The van der Waals surface area contributed by atoms with Crippen LogP contribution in [-0.4, -0.2) is 45.4 Å². The van der Waals surface area contributed by atoms with Crippen molar-refractivity contribution in [1.29, 1.82) is 0 Å². The second-order valence-corrected chi connectivity index (χ2v) is 24.5. The Morgan fingerprint density at radius 2 is 0.750 bits per heavy atom. The Morgan fingerprint density at radius 1 is 0.469 bits per heavy atom. The molecule has 0 aromatic heterocycles. The van der Waals surface area contributed by atoms with E-state index in [1.807, 2.05) is 107 Å². The molecule has 0 bridgehead atoms. The lowest BCUT2D eigenvalue weighted by Gasteiger charge is -2.32. The van der Waals surface area contributed by atoms with Crippen LogP contribution in [-0.2, 0) is 48.8 Å². The number of esters is 1. The van der Waals surface area contributed by atoms with Crippen molar-refractivity contribution in [3.05, 3.63) is 57.6 Å². The lowest BCUT2D eigenvalue weighted by molar-refractivity contribution is -0.168. The molecular weight excluding hydrogens is 813 g/mol. The highest BCUT2D eigenvalue weighted by Gasteiger charge is 2.49. The van der Waals surface area contributed by atoms with Gasteiger partial charge in [-0.15, -0.1) is 0 Å². The van der Waals surface area contributed by atoms with E-state index in [-0.39, 0.29) is 30.9 Å². The van der Waals surface area contributed by atoms with E-state index in [0.29, 0.717) is 39.1 Å². The molecule has 366 valence electrons. The highest BCUT2D eigenvalue weighted by atomic mass is 32.2. The van der Waals surface area contributed by atoms with Gasteiger partial charge in [0, 0.05) is 5.75 Å². The summed E-state index contributed by atoms with van der Waals surface area (Å²) in [5.74, 6) is -0.0216. The first-order valence-electron chi connectivity index (χ1n) is 25.6. The molecule has 0 atom stereocenters. The number of aliphatic carboxylic acids is 1. The van der Waals surface area contributed by atoms with E-state index in [4.69, 9.17) is 4.74 Å². The fraction of sp³-hybridized carbons (Fsp3) is 0.754. The topological polar surface area (TPSA) is 104 Å². The summed E-state index contributed by atoms with van der Waals surface area (Å²) in [6.45, 7) is 26.7. The molecule has 0 radical (unpaired) electrons. The van der Waals surface area contributed by atoms with Gasteiger partial charge >= 0.3 is 11.9 Å². The number of hydrogen-bond donors (Lipinski definition) is 3. The predicted molar refractivity (Wildman–Crippen MR) is 275 cm³/mol. The van der Waals surface area contributed by atoms with Crippen molar-refractivity contribution >= 4 is 23.7 Å². The average molecular weight is 909 g/mol. The van der Waals surface area contributed by atoms with Crippen molar-refractivity contribution in [2.45, 2.75) is 253 Å². The van der Waals surface area contributed by atoms with Crippen LogP contribution in [0.4, 0.5) is 0 Å². The van der Waals surface area contributed by atoms with E-state index in [9.17, 15) is 24.9 Å².